The molecule has 0 aromatic heterocycles. The minimum absolute atomic E-state index is 0.128. The molecule has 0 fully saturated rings. The molecule has 0 aliphatic heterocycles. The lowest BCUT2D eigenvalue weighted by Gasteiger charge is -2.06. The highest BCUT2D eigenvalue weighted by atomic mass is 16.2. The third-order valence-electron chi connectivity index (χ3n) is 3.01. The Morgan fingerprint density at radius 2 is 1.11 bits per heavy atom. The molecule has 0 saturated heterocycles. The number of unbranched alkanes of at least 4 members (excludes halogenated alkanes) is 4. The van der Waals surface area contributed by atoms with Gasteiger partial charge < -0.3 is 10.6 Å². The lowest BCUT2D eigenvalue weighted by Crippen LogP contribution is -2.29. The molecule has 112 valence electrons. The summed E-state index contributed by atoms with van der Waals surface area (Å²) in [6.07, 6.45) is 8.48. The molecule has 0 atom stereocenters. The van der Waals surface area contributed by atoms with E-state index in [-0.39, 0.29) is 11.8 Å². The SMILES string of the molecule is CCCCCC(=O)NCCCNC(=O)CCCCC. The van der Waals surface area contributed by atoms with E-state index in [0.717, 1.165) is 44.9 Å². The molecule has 0 saturated carbocycles. The van der Waals surface area contributed by atoms with Crippen LogP contribution in [-0.2, 0) is 9.59 Å². The maximum absolute atomic E-state index is 11.4. The first-order valence-electron chi connectivity index (χ1n) is 7.74. The zero-order valence-corrected chi connectivity index (χ0v) is 12.6. The molecule has 0 unspecified atom stereocenters. The molecule has 0 aromatic carbocycles. The van der Waals surface area contributed by atoms with Crippen molar-refractivity contribution in [1.29, 1.82) is 0 Å². The predicted octanol–water partition coefficient (Wildman–Crippen LogP) is 2.77. The maximum Gasteiger partial charge on any atom is 0.219 e. The molecule has 2 amide bonds. The molecule has 4 heteroatoms. The van der Waals surface area contributed by atoms with Crippen LogP contribution in [0, 0.1) is 0 Å². The Labute approximate surface area is 117 Å². The highest BCUT2D eigenvalue weighted by Crippen LogP contribution is 1.99. The van der Waals surface area contributed by atoms with Crippen LogP contribution in [0.15, 0.2) is 0 Å². The number of hydrogen-bond donors (Lipinski definition) is 2. The van der Waals surface area contributed by atoms with Crippen LogP contribution >= 0.6 is 0 Å². The summed E-state index contributed by atoms with van der Waals surface area (Å²) in [5.41, 5.74) is 0. The zero-order chi connectivity index (χ0) is 14.3. The number of nitrogens with one attached hydrogen (secondary N) is 2. The number of carbonyl (C=O) groups is 2. The van der Waals surface area contributed by atoms with Crippen LogP contribution in [0.3, 0.4) is 0 Å². The van der Waals surface area contributed by atoms with Gasteiger partial charge in [-0.05, 0) is 19.3 Å². The van der Waals surface area contributed by atoms with Gasteiger partial charge in [0.25, 0.3) is 0 Å². The molecular formula is C15H30N2O2. The molecule has 19 heavy (non-hydrogen) atoms. The van der Waals surface area contributed by atoms with Gasteiger partial charge in [-0.15, -0.1) is 0 Å². The van der Waals surface area contributed by atoms with Gasteiger partial charge in [-0.25, -0.2) is 0 Å². The highest BCUT2D eigenvalue weighted by molar-refractivity contribution is 5.76. The Hall–Kier alpha value is -1.06. The first kappa shape index (κ1) is 17.9. The second kappa shape index (κ2) is 13.4. The minimum Gasteiger partial charge on any atom is -0.356 e. The van der Waals surface area contributed by atoms with E-state index in [1.165, 1.54) is 0 Å². The van der Waals surface area contributed by atoms with E-state index in [0.29, 0.717) is 25.9 Å². The molecule has 0 bridgehead atoms. The Morgan fingerprint density at radius 3 is 1.47 bits per heavy atom. The van der Waals surface area contributed by atoms with Crippen molar-refractivity contribution in [3.63, 3.8) is 0 Å². The fourth-order valence-corrected chi connectivity index (χ4v) is 1.79. The molecule has 0 aromatic rings. The van der Waals surface area contributed by atoms with Crippen LogP contribution < -0.4 is 10.6 Å². The smallest absolute Gasteiger partial charge is 0.219 e. The van der Waals surface area contributed by atoms with E-state index in [1.807, 2.05) is 0 Å². The van der Waals surface area contributed by atoms with Crippen molar-refractivity contribution in [2.75, 3.05) is 13.1 Å². The van der Waals surface area contributed by atoms with Crippen molar-refractivity contribution in [2.24, 2.45) is 0 Å². The summed E-state index contributed by atoms with van der Waals surface area (Å²) in [5.74, 6) is 0.255. The summed E-state index contributed by atoms with van der Waals surface area (Å²) in [6.45, 7) is 5.56. The van der Waals surface area contributed by atoms with E-state index >= 15 is 0 Å². The average molecular weight is 270 g/mol. The fourth-order valence-electron chi connectivity index (χ4n) is 1.79. The van der Waals surface area contributed by atoms with Crippen LogP contribution in [0.2, 0.25) is 0 Å². The summed E-state index contributed by atoms with van der Waals surface area (Å²) in [5, 5.41) is 5.75. The number of rotatable bonds is 12. The van der Waals surface area contributed by atoms with Crippen molar-refractivity contribution in [2.45, 2.75) is 71.6 Å². The van der Waals surface area contributed by atoms with Crippen LogP contribution in [-0.4, -0.2) is 24.9 Å². The number of amides is 2. The van der Waals surface area contributed by atoms with Gasteiger partial charge >= 0.3 is 0 Å². The maximum atomic E-state index is 11.4. The second-order valence-corrected chi connectivity index (χ2v) is 4.97. The van der Waals surface area contributed by atoms with E-state index in [9.17, 15) is 9.59 Å². The summed E-state index contributed by atoms with van der Waals surface area (Å²) in [6, 6.07) is 0. The third kappa shape index (κ3) is 13.2. The molecule has 0 spiro atoms. The van der Waals surface area contributed by atoms with Crippen molar-refractivity contribution >= 4 is 11.8 Å². The van der Waals surface area contributed by atoms with Crippen LogP contribution in [0.1, 0.15) is 71.6 Å². The Balaban J connectivity index is 3.29. The fraction of sp³-hybridized carbons (Fsp3) is 0.867. The topological polar surface area (TPSA) is 58.2 Å². The largest absolute Gasteiger partial charge is 0.356 e. The van der Waals surface area contributed by atoms with Gasteiger partial charge in [0.1, 0.15) is 0 Å². The average Bonchev–Trinajstić information content (AvgIpc) is 2.39. The van der Waals surface area contributed by atoms with E-state index in [1.54, 1.807) is 0 Å². The van der Waals surface area contributed by atoms with Gasteiger partial charge in [0.05, 0.1) is 0 Å². The van der Waals surface area contributed by atoms with E-state index < -0.39 is 0 Å². The normalized spacial score (nSPS) is 10.2. The lowest BCUT2D eigenvalue weighted by molar-refractivity contribution is -0.121. The number of carbonyl (C=O) groups excluding carboxylic acids is 2. The molecule has 0 heterocycles. The summed E-state index contributed by atoms with van der Waals surface area (Å²) >= 11 is 0. The van der Waals surface area contributed by atoms with Gasteiger partial charge in [-0.3, -0.25) is 9.59 Å². The van der Waals surface area contributed by atoms with Crippen molar-refractivity contribution in [3.05, 3.63) is 0 Å². The highest BCUT2D eigenvalue weighted by Gasteiger charge is 2.01. The van der Waals surface area contributed by atoms with Gasteiger partial charge in [0.2, 0.25) is 11.8 Å². The van der Waals surface area contributed by atoms with Crippen molar-refractivity contribution < 1.29 is 9.59 Å². The quantitative estimate of drug-likeness (QED) is 0.536. The van der Waals surface area contributed by atoms with Gasteiger partial charge in [0, 0.05) is 25.9 Å². The lowest BCUT2D eigenvalue weighted by atomic mass is 10.2. The standard InChI is InChI=1S/C15H30N2O2/c1-3-5-7-10-14(18)16-12-9-13-17-15(19)11-8-6-4-2/h3-13H2,1-2H3,(H,16,18)(H,17,19). The Kier molecular flexibility index (Phi) is 12.6. The molecule has 2 N–H and O–H groups in total. The molecule has 0 aliphatic rings. The van der Waals surface area contributed by atoms with E-state index in [4.69, 9.17) is 0 Å². The minimum atomic E-state index is 0.128. The molecule has 4 nitrogen and oxygen atoms in total. The van der Waals surface area contributed by atoms with Gasteiger partial charge in [-0.2, -0.15) is 0 Å². The molecule has 0 rings (SSSR count). The van der Waals surface area contributed by atoms with Crippen molar-refractivity contribution in [3.8, 4) is 0 Å². The molecule has 0 aliphatic carbocycles. The van der Waals surface area contributed by atoms with Crippen LogP contribution in [0.25, 0.3) is 0 Å². The van der Waals surface area contributed by atoms with Crippen LogP contribution in [0.5, 0.6) is 0 Å². The zero-order valence-electron chi connectivity index (χ0n) is 12.6. The number of hydrogen-bond acceptors (Lipinski definition) is 2. The first-order valence-corrected chi connectivity index (χ1v) is 7.74. The van der Waals surface area contributed by atoms with E-state index in [2.05, 4.69) is 24.5 Å². The van der Waals surface area contributed by atoms with Crippen molar-refractivity contribution in [1.82, 2.24) is 10.6 Å². The third-order valence-corrected chi connectivity index (χ3v) is 3.01. The van der Waals surface area contributed by atoms with Crippen LogP contribution in [0.4, 0.5) is 0 Å². The van der Waals surface area contributed by atoms with Gasteiger partial charge in [-0.1, -0.05) is 39.5 Å². The predicted molar refractivity (Wildman–Crippen MR) is 78.9 cm³/mol. The Bertz CT molecular complexity index is 218. The first-order chi connectivity index (χ1) is 9.20. The summed E-state index contributed by atoms with van der Waals surface area (Å²) < 4.78 is 0. The summed E-state index contributed by atoms with van der Waals surface area (Å²) in [4.78, 5) is 22.8. The molecule has 0 radical (unpaired) electrons. The Morgan fingerprint density at radius 1 is 0.684 bits per heavy atom. The molecular weight excluding hydrogens is 240 g/mol. The monoisotopic (exact) mass is 270 g/mol. The van der Waals surface area contributed by atoms with Gasteiger partial charge in [0.15, 0.2) is 0 Å². The summed E-state index contributed by atoms with van der Waals surface area (Å²) in [7, 11) is 0. The second-order valence-electron chi connectivity index (χ2n) is 4.97.